The molecule has 0 spiro atoms. The number of rotatable bonds is 9. The fourth-order valence-electron chi connectivity index (χ4n) is 1.78. The van der Waals surface area contributed by atoms with Gasteiger partial charge < -0.3 is 4.90 Å². The summed E-state index contributed by atoms with van der Waals surface area (Å²) in [6.45, 7) is 7.54. The van der Waals surface area contributed by atoms with E-state index in [4.69, 9.17) is 0 Å². The third-order valence-corrected chi connectivity index (χ3v) is 4.05. The van der Waals surface area contributed by atoms with Gasteiger partial charge in [-0.2, -0.15) is 11.8 Å². The normalized spacial score (nSPS) is 10.9. The van der Waals surface area contributed by atoms with Crippen molar-refractivity contribution in [2.45, 2.75) is 20.3 Å². The van der Waals surface area contributed by atoms with Crippen LogP contribution < -0.4 is 0 Å². The number of hydrogen-bond donors (Lipinski definition) is 0. The first-order valence-corrected chi connectivity index (χ1v) is 7.91. The van der Waals surface area contributed by atoms with Crippen molar-refractivity contribution in [3.8, 4) is 0 Å². The Hall–Kier alpha value is -0.870. The van der Waals surface area contributed by atoms with E-state index in [1.165, 1.54) is 12.1 Å². The van der Waals surface area contributed by atoms with Crippen LogP contribution in [0.2, 0.25) is 0 Å². The fraction of sp³-hybridized carbons (Fsp3) is 0.533. The van der Waals surface area contributed by atoms with E-state index in [2.05, 4.69) is 18.7 Å². The van der Waals surface area contributed by atoms with Gasteiger partial charge in [0.2, 0.25) is 0 Å². The highest BCUT2D eigenvalue weighted by Gasteiger charge is 2.06. The third kappa shape index (κ3) is 6.21. The number of nitrogens with zero attached hydrogens (tertiary/aromatic N) is 1. The maximum atomic E-state index is 12.7. The molecule has 4 heteroatoms. The van der Waals surface area contributed by atoms with Crippen LogP contribution in [0.15, 0.2) is 24.3 Å². The zero-order valence-electron chi connectivity index (χ0n) is 11.7. The number of ketones is 1. The summed E-state index contributed by atoms with van der Waals surface area (Å²) < 4.78 is 12.7. The molecule has 19 heavy (non-hydrogen) atoms. The van der Waals surface area contributed by atoms with Gasteiger partial charge in [0.05, 0.1) is 0 Å². The van der Waals surface area contributed by atoms with Crippen LogP contribution >= 0.6 is 11.8 Å². The molecule has 0 unspecified atom stereocenters. The van der Waals surface area contributed by atoms with Gasteiger partial charge in [-0.05, 0) is 37.4 Å². The molecular weight excluding hydrogens is 261 g/mol. The van der Waals surface area contributed by atoms with E-state index >= 15 is 0 Å². The molecule has 0 aromatic heterocycles. The average molecular weight is 283 g/mol. The van der Waals surface area contributed by atoms with Gasteiger partial charge in [0.25, 0.3) is 0 Å². The summed E-state index contributed by atoms with van der Waals surface area (Å²) in [5.41, 5.74) is 0.603. The molecule has 0 heterocycles. The maximum Gasteiger partial charge on any atom is 0.163 e. The molecule has 0 radical (unpaired) electrons. The molecule has 0 saturated heterocycles. The second-order valence-corrected chi connectivity index (χ2v) is 5.54. The Kier molecular flexibility index (Phi) is 7.75. The molecular formula is C15H22FNOS. The Balaban J connectivity index is 2.19. The predicted molar refractivity (Wildman–Crippen MR) is 80.5 cm³/mol. The number of carbonyl (C=O) groups excluding carboxylic acids is 1. The molecule has 2 nitrogen and oxygen atoms in total. The van der Waals surface area contributed by atoms with Crippen LogP contribution in [-0.4, -0.2) is 41.8 Å². The minimum Gasteiger partial charge on any atom is -0.303 e. The lowest BCUT2D eigenvalue weighted by atomic mass is 10.1. The van der Waals surface area contributed by atoms with E-state index in [1.807, 2.05) is 0 Å². The van der Waals surface area contributed by atoms with Gasteiger partial charge in [0.15, 0.2) is 5.78 Å². The van der Waals surface area contributed by atoms with Gasteiger partial charge in [-0.3, -0.25) is 4.79 Å². The third-order valence-electron chi connectivity index (χ3n) is 3.09. The van der Waals surface area contributed by atoms with Crippen molar-refractivity contribution in [3.63, 3.8) is 0 Å². The Morgan fingerprint density at radius 3 is 2.37 bits per heavy atom. The summed E-state index contributed by atoms with van der Waals surface area (Å²) in [5, 5.41) is 0. The molecule has 1 rings (SSSR count). The lowest BCUT2D eigenvalue weighted by molar-refractivity contribution is 0.0989. The van der Waals surface area contributed by atoms with Crippen molar-refractivity contribution < 1.29 is 9.18 Å². The molecule has 0 amide bonds. The number of Topliss-reactive ketones (excluding diaryl/α,β-unsaturated/α-hetero) is 1. The summed E-state index contributed by atoms with van der Waals surface area (Å²) in [6.07, 6.45) is 0.522. The lowest BCUT2D eigenvalue weighted by Gasteiger charge is -2.17. The quantitative estimate of drug-likeness (QED) is 0.511. The first-order valence-electron chi connectivity index (χ1n) is 6.76. The summed E-state index contributed by atoms with van der Waals surface area (Å²) >= 11 is 1.80. The number of thioether (sulfide) groups is 1. The second-order valence-electron chi connectivity index (χ2n) is 4.32. The number of carbonyl (C=O) groups is 1. The fourth-order valence-corrected chi connectivity index (χ4v) is 2.70. The van der Waals surface area contributed by atoms with Crippen LogP contribution in [0.1, 0.15) is 30.6 Å². The Morgan fingerprint density at radius 1 is 1.16 bits per heavy atom. The van der Waals surface area contributed by atoms with Gasteiger partial charge in [0.1, 0.15) is 5.82 Å². The summed E-state index contributed by atoms with van der Waals surface area (Å²) in [5.74, 6) is 1.68. The van der Waals surface area contributed by atoms with Gasteiger partial charge in [-0.15, -0.1) is 0 Å². The molecule has 0 atom stereocenters. The van der Waals surface area contributed by atoms with E-state index in [0.717, 1.165) is 31.1 Å². The highest BCUT2D eigenvalue weighted by Crippen LogP contribution is 2.10. The van der Waals surface area contributed by atoms with Crippen LogP contribution in [0.25, 0.3) is 0 Å². The van der Waals surface area contributed by atoms with Crippen LogP contribution in [0.3, 0.4) is 0 Å². The van der Waals surface area contributed by atoms with Crippen molar-refractivity contribution >= 4 is 17.5 Å². The molecule has 0 aliphatic rings. The molecule has 0 aliphatic carbocycles. The number of benzene rings is 1. The van der Waals surface area contributed by atoms with E-state index in [1.54, 1.807) is 23.9 Å². The zero-order chi connectivity index (χ0) is 14.1. The highest BCUT2D eigenvalue weighted by atomic mass is 32.2. The molecule has 1 aromatic carbocycles. The maximum absolute atomic E-state index is 12.7. The van der Waals surface area contributed by atoms with Crippen LogP contribution in [0.5, 0.6) is 0 Å². The van der Waals surface area contributed by atoms with E-state index in [-0.39, 0.29) is 11.6 Å². The van der Waals surface area contributed by atoms with Crippen LogP contribution in [0.4, 0.5) is 4.39 Å². The smallest absolute Gasteiger partial charge is 0.163 e. The molecule has 0 saturated carbocycles. The molecule has 0 aliphatic heterocycles. The van der Waals surface area contributed by atoms with Crippen molar-refractivity contribution in [2.24, 2.45) is 0 Å². The Labute approximate surface area is 119 Å². The molecule has 1 aromatic rings. The van der Waals surface area contributed by atoms with Gasteiger partial charge in [-0.25, -0.2) is 4.39 Å². The van der Waals surface area contributed by atoms with E-state index in [0.29, 0.717) is 12.0 Å². The molecule has 0 fully saturated rings. The largest absolute Gasteiger partial charge is 0.303 e. The van der Waals surface area contributed by atoms with Crippen molar-refractivity contribution in [2.75, 3.05) is 31.1 Å². The molecule has 0 bridgehead atoms. The van der Waals surface area contributed by atoms with Crippen molar-refractivity contribution in [3.05, 3.63) is 35.6 Å². The van der Waals surface area contributed by atoms with Gasteiger partial charge in [0, 0.05) is 30.0 Å². The van der Waals surface area contributed by atoms with Crippen LogP contribution in [0, 0.1) is 5.82 Å². The summed E-state index contributed by atoms with van der Waals surface area (Å²) in [4.78, 5) is 14.2. The monoisotopic (exact) mass is 283 g/mol. The number of halogens is 1. The molecule has 0 N–H and O–H groups in total. The van der Waals surface area contributed by atoms with Crippen molar-refractivity contribution in [1.29, 1.82) is 0 Å². The Bertz CT molecular complexity index is 376. The minimum absolute atomic E-state index is 0.0929. The van der Waals surface area contributed by atoms with Crippen molar-refractivity contribution in [1.82, 2.24) is 4.90 Å². The predicted octanol–water partition coefficient (Wildman–Crippen LogP) is 3.47. The zero-order valence-corrected chi connectivity index (χ0v) is 12.5. The first-order chi connectivity index (χ1) is 9.17. The van der Waals surface area contributed by atoms with E-state index in [9.17, 15) is 9.18 Å². The number of hydrogen-bond acceptors (Lipinski definition) is 3. The first kappa shape index (κ1) is 16.2. The topological polar surface area (TPSA) is 20.3 Å². The highest BCUT2D eigenvalue weighted by molar-refractivity contribution is 7.99. The van der Waals surface area contributed by atoms with E-state index < -0.39 is 0 Å². The van der Waals surface area contributed by atoms with Crippen LogP contribution in [-0.2, 0) is 0 Å². The Morgan fingerprint density at radius 2 is 1.79 bits per heavy atom. The summed E-state index contributed by atoms with van der Waals surface area (Å²) in [7, 11) is 0. The SMILES string of the molecule is CCN(CC)CCSCCC(=O)c1ccc(F)cc1. The average Bonchev–Trinajstić information content (AvgIpc) is 2.43. The molecule has 106 valence electrons. The minimum atomic E-state index is -0.301. The van der Waals surface area contributed by atoms with Gasteiger partial charge in [-0.1, -0.05) is 13.8 Å². The lowest BCUT2D eigenvalue weighted by Crippen LogP contribution is -2.25. The standard InChI is InChI=1S/C15H22FNOS/c1-3-17(4-2)10-12-19-11-9-15(18)13-5-7-14(16)8-6-13/h5-8H,3-4,9-12H2,1-2H3. The summed E-state index contributed by atoms with van der Waals surface area (Å²) in [6, 6.07) is 5.78. The second kappa shape index (κ2) is 9.10. The van der Waals surface area contributed by atoms with Gasteiger partial charge >= 0.3 is 0 Å².